The lowest BCUT2D eigenvalue weighted by molar-refractivity contribution is -0.385. The van der Waals surface area contributed by atoms with Crippen molar-refractivity contribution in [1.29, 1.82) is 0 Å². The molecule has 2 aromatic rings. The fourth-order valence-corrected chi connectivity index (χ4v) is 2.64. The molecule has 0 spiro atoms. The molecule has 1 aromatic carbocycles. The number of hydrogen-bond donors (Lipinski definition) is 1. The maximum atomic E-state index is 12.1. The Morgan fingerprint density at radius 2 is 2.38 bits per heavy atom. The molecule has 9 nitrogen and oxygen atoms in total. The highest BCUT2D eigenvalue weighted by Gasteiger charge is 2.16. The number of amides is 1. The number of carbonyl (C=O) groups is 1. The van der Waals surface area contributed by atoms with Gasteiger partial charge >= 0.3 is 5.69 Å². The Hall–Kier alpha value is -2.94. The van der Waals surface area contributed by atoms with E-state index in [1.54, 1.807) is 18.2 Å². The molecule has 1 N–H and O–H groups in total. The number of nitrogens with zero attached hydrogens (tertiary/aromatic N) is 3. The molecule has 1 aliphatic rings. The third-order valence-electron chi connectivity index (χ3n) is 3.98. The molecule has 138 valence electrons. The standard InChI is InChI=1S/C17H20N4O5/c22-17(6-7-20-11-14(10-18-20)21(23)24)19-13-3-1-4-15(9-13)26-12-16-5-2-8-25-16/h1,3-4,9-11,16H,2,5-8,12H2,(H,19,22). The lowest BCUT2D eigenvalue weighted by atomic mass is 10.2. The zero-order valence-electron chi connectivity index (χ0n) is 14.2. The van der Waals surface area contributed by atoms with E-state index in [1.807, 2.05) is 6.07 Å². The molecule has 9 heteroatoms. The van der Waals surface area contributed by atoms with Gasteiger partial charge in [0.25, 0.3) is 0 Å². The molecule has 1 amide bonds. The summed E-state index contributed by atoms with van der Waals surface area (Å²) >= 11 is 0. The van der Waals surface area contributed by atoms with Crippen molar-refractivity contribution in [3.05, 3.63) is 46.8 Å². The molecule has 1 aromatic heterocycles. The minimum absolute atomic E-state index is 0.0958. The highest BCUT2D eigenvalue weighted by atomic mass is 16.6. The van der Waals surface area contributed by atoms with Gasteiger partial charge in [0.15, 0.2) is 0 Å². The predicted molar refractivity (Wildman–Crippen MR) is 93.0 cm³/mol. The molecule has 2 heterocycles. The van der Waals surface area contributed by atoms with E-state index in [2.05, 4.69) is 10.4 Å². The Labute approximate surface area is 150 Å². The van der Waals surface area contributed by atoms with Gasteiger partial charge in [0, 0.05) is 31.3 Å². The Kier molecular flexibility index (Phi) is 5.80. The van der Waals surface area contributed by atoms with E-state index in [4.69, 9.17) is 9.47 Å². The van der Waals surface area contributed by atoms with Gasteiger partial charge in [0.1, 0.15) is 24.8 Å². The van der Waals surface area contributed by atoms with Crippen molar-refractivity contribution in [1.82, 2.24) is 9.78 Å². The van der Waals surface area contributed by atoms with Crippen LogP contribution in [0, 0.1) is 10.1 Å². The van der Waals surface area contributed by atoms with E-state index in [0.29, 0.717) is 18.0 Å². The first-order chi connectivity index (χ1) is 12.6. The normalized spacial score (nSPS) is 16.4. The molecule has 0 saturated carbocycles. The number of ether oxygens (including phenoxy) is 2. The Morgan fingerprint density at radius 3 is 3.12 bits per heavy atom. The first-order valence-electron chi connectivity index (χ1n) is 8.41. The molecule has 1 atom stereocenters. The summed E-state index contributed by atoms with van der Waals surface area (Å²) in [5.41, 5.74) is 0.535. The Morgan fingerprint density at radius 1 is 1.50 bits per heavy atom. The van der Waals surface area contributed by atoms with Crippen LogP contribution in [-0.2, 0) is 16.1 Å². The van der Waals surface area contributed by atoms with Gasteiger partial charge in [-0.05, 0) is 25.0 Å². The number of anilines is 1. The summed E-state index contributed by atoms with van der Waals surface area (Å²) in [7, 11) is 0. The van der Waals surface area contributed by atoms with Gasteiger partial charge in [0.2, 0.25) is 5.91 Å². The number of nitrogens with one attached hydrogen (secondary N) is 1. The van der Waals surface area contributed by atoms with Crippen LogP contribution in [0.1, 0.15) is 19.3 Å². The van der Waals surface area contributed by atoms with E-state index in [-0.39, 0.29) is 30.7 Å². The van der Waals surface area contributed by atoms with E-state index in [0.717, 1.165) is 25.6 Å². The third kappa shape index (κ3) is 5.03. The molecule has 0 bridgehead atoms. The predicted octanol–water partition coefficient (Wildman–Crippen LogP) is 2.38. The fraction of sp³-hybridized carbons (Fsp3) is 0.412. The van der Waals surface area contributed by atoms with Crippen molar-refractivity contribution in [3.8, 4) is 5.75 Å². The van der Waals surface area contributed by atoms with Crippen molar-refractivity contribution in [2.75, 3.05) is 18.5 Å². The maximum Gasteiger partial charge on any atom is 0.306 e. The minimum atomic E-state index is -0.522. The second-order valence-corrected chi connectivity index (χ2v) is 5.99. The zero-order valence-corrected chi connectivity index (χ0v) is 14.2. The van der Waals surface area contributed by atoms with Crippen LogP contribution in [0.4, 0.5) is 11.4 Å². The smallest absolute Gasteiger partial charge is 0.306 e. The molecule has 26 heavy (non-hydrogen) atoms. The molecular formula is C17H20N4O5. The van der Waals surface area contributed by atoms with Crippen molar-refractivity contribution >= 4 is 17.3 Å². The van der Waals surface area contributed by atoms with Gasteiger partial charge in [-0.25, -0.2) is 0 Å². The number of hydrogen-bond acceptors (Lipinski definition) is 6. The first kappa shape index (κ1) is 17.9. The SMILES string of the molecule is O=C(CCn1cc([N+](=O)[O-])cn1)Nc1cccc(OCC2CCCO2)c1. The van der Waals surface area contributed by atoms with Gasteiger partial charge < -0.3 is 14.8 Å². The minimum Gasteiger partial charge on any atom is -0.491 e. The van der Waals surface area contributed by atoms with Gasteiger partial charge in [-0.1, -0.05) is 6.07 Å². The van der Waals surface area contributed by atoms with Crippen LogP contribution in [0.25, 0.3) is 0 Å². The highest BCUT2D eigenvalue weighted by molar-refractivity contribution is 5.90. The van der Waals surface area contributed by atoms with Crippen LogP contribution in [0.3, 0.4) is 0 Å². The van der Waals surface area contributed by atoms with Crippen LogP contribution >= 0.6 is 0 Å². The average molecular weight is 360 g/mol. The number of aryl methyl sites for hydroxylation is 1. The topological polar surface area (TPSA) is 109 Å². The molecule has 0 radical (unpaired) electrons. The zero-order chi connectivity index (χ0) is 18.4. The van der Waals surface area contributed by atoms with Crippen LogP contribution in [-0.4, -0.2) is 39.9 Å². The van der Waals surface area contributed by atoms with E-state index in [9.17, 15) is 14.9 Å². The summed E-state index contributed by atoms with van der Waals surface area (Å²) in [5.74, 6) is 0.459. The molecule has 3 rings (SSSR count). The van der Waals surface area contributed by atoms with E-state index in [1.165, 1.54) is 10.9 Å². The van der Waals surface area contributed by atoms with Crippen LogP contribution < -0.4 is 10.1 Å². The van der Waals surface area contributed by atoms with Gasteiger partial charge in [-0.2, -0.15) is 5.10 Å². The van der Waals surface area contributed by atoms with Gasteiger partial charge in [-0.15, -0.1) is 0 Å². The third-order valence-corrected chi connectivity index (χ3v) is 3.98. The summed E-state index contributed by atoms with van der Waals surface area (Å²) in [6.45, 7) is 1.54. The average Bonchev–Trinajstić information content (AvgIpc) is 3.30. The Bertz CT molecular complexity index is 770. The van der Waals surface area contributed by atoms with Crippen molar-refractivity contribution in [2.24, 2.45) is 0 Å². The molecule has 1 aliphatic heterocycles. The largest absolute Gasteiger partial charge is 0.491 e. The summed E-state index contributed by atoms with van der Waals surface area (Å²) in [4.78, 5) is 22.2. The Balaban J connectivity index is 1.47. The lowest BCUT2D eigenvalue weighted by Gasteiger charge is -2.12. The highest BCUT2D eigenvalue weighted by Crippen LogP contribution is 2.20. The number of nitro groups is 1. The number of aromatic nitrogens is 2. The summed E-state index contributed by atoms with van der Waals surface area (Å²) in [5, 5.41) is 17.3. The summed E-state index contributed by atoms with van der Waals surface area (Å²) in [6.07, 6.45) is 4.80. The molecule has 1 fully saturated rings. The molecule has 1 unspecified atom stereocenters. The molecular weight excluding hydrogens is 340 g/mol. The van der Waals surface area contributed by atoms with Gasteiger partial charge in [-0.3, -0.25) is 19.6 Å². The van der Waals surface area contributed by atoms with Gasteiger partial charge in [0.05, 0.1) is 11.0 Å². The fourth-order valence-electron chi connectivity index (χ4n) is 2.64. The summed E-state index contributed by atoms with van der Waals surface area (Å²) in [6, 6.07) is 7.16. The molecule has 0 aliphatic carbocycles. The maximum absolute atomic E-state index is 12.1. The quantitative estimate of drug-likeness (QED) is 0.572. The molecule has 1 saturated heterocycles. The van der Waals surface area contributed by atoms with Crippen LogP contribution in [0.15, 0.2) is 36.7 Å². The lowest BCUT2D eigenvalue weighted by Crippen LogP contribution is -2.17. The first-order valence-corrected chi connectivity index (χ1v) is 8.41. The van der Waals surface area contributed by atoms with Crippen LogP contribution in [0.2, 0.25) is 0 Å². The van der Waals surface area contributed by atoms with Crippen molar-refractivity contribution < 1.29 is 19.2 Å². The monoisotopic (exact) mass is 360 g/mol. The van der Waals surface area contributed by atoms with E-state index >= 15 is 0 Å². The number of benzene rings is 1. The van der Waals surface area contributed by atoms with E-state index < -0.39 is 4.92 Å². The van der Waals surface area contributed by atoms with Crippen molar-refractivity contribution in [3.63, 3.8) is 0 Å². The second kappa shape index (κ2) is 8.43. The number of rotatable bonds is 8. The van der Waals surface area contributed by atoms with Crippen LogP contribution in [0.5, 0.6) is 5.75 Å². The number of carbonyl (C=O) groups excluding carboxylic acids is 1. The van der Waals surface area contributed by atoms with Crippen molar-refractivity contribution in [2.45, 2.75) is 31.9 Å². The second-order valence-electron chi connectivity index (χ2n) is 5.99. The summed E-state index contributed by atoms with van der Waals surface area (Å²) < 4.78 is 12.6.